The quantitative estimate of drug-likeness (QED) is 0.741. The molecular formula is C20H22ClFN2O3. The van der Waals surface area contributed by atoms with Crippen LogP contribution in [0, 0.1) is 5.82 Å². The lowest BCUT2D eigenvalue weighted by Gasteiger charge is -2.19. The highest BCUT2D eigenvalue weighted by Gasteiger charge is 2.13. The van der Waals surface area contributed by atoms with Crippen molar-refractivity contribution in [2.75, 3.05) is 25.0 Å². The van der Waals surface area contributed by atoms with Crippen LogP contribution in [0.25, 0.3) is 0 Å². The first-order chi connectivity index (χ1) is 12.9. The van der Waals surface area contributed by atoms with Gasteiger partial charge in [-0.05, 0) is 43.7 Å². The number of rotatable bonds is 8. The third-order valence-electron chi connectivity index (χ3n) is 3.99. The number of nitrogens with zero attached hydrogens (tertiary/aromatic N) is 1. The lowest BCUT2D eigenvalue weighted by atomic mass is 10.1. The number of anilines is 1. The molecule has 144 valence electrons. The largest absolute Gasteiger partial charge is 0.482 e. The summed E-state index contributed by atoms with van der Waals surface area (Å²) >= 11 is 6.17. The maximum Gasteiger partial charge on any atom is 0.260 e. The van der Waals surface area contributed by atoms with Gasteiger partial charge >= 0.3 is 0 Å². The highest BCUT2D eigenvalue weighted by atomic mass is 35.5. The Balaban J connectivity index is 1.95. The first-order valence-electron chi connectivity index (χ1n) is 8.68. The zero-order chi connectivity index (χ0) is 19.8. The van der Waals surface area contributed by atoms with E-state index in [4.69, 9.17) is 16.3 Å². The van der Waals surface area contributed by atoms with Gasteiger partial charge in [-0.2, -0.15) is 0 Å². The molecule has 1 N–H and O–H groups in total. The third-order valence-corrected chi connectivity index (χ3v) is 4.29. The van der Waals surface area contributed by atoms with Crippen molar-refractivity contribution < 1.29 is 18.7 Å². The van der Waals surface area contributed by atoms with E-state index in [0.29, 0.717) is 30.1 Å². The molecule has 0 bridgehead atoms. The van der Waals surface area contributed by atoms with E-state index in [2.05, 4.69) is 5.32 Å². The molecule has 0 heterocycles. The standard InChI is InChI=1S/C20H22ClFN2O3/c1-3-24(4-2)20(26)13-27-18-10-9-15(12-16(18)21)23-19(25)11-14-7-5-6-8-17(14)22/h5-10,12H,3-4,11,13H2,1-2H3,(H,23,25). The van der Waals surface area contributed by atoms with Crippen molar-refractivity contribution in [1.82, 2.24) is 4.90 Å². The van der Waals surface area contributed by atoms with E-state index in [1.54, 1.807) is 35.2 Å². The van der Waals surface area contributed by atoms with Crippen LogP contribution in [0.15, 0.2) is 42.5 Å². The molecule has 7 heteroatoms. The van der Waals surface area contributed by atoms with Crippen LogP contribution in [0.3, 0.4) is 0 Å². The highest BCUT2D eigenvalue weighted by Crippen LogP contribution is 2.28. The normalized spacial score (nSPS) is 10.4. The van der Waals surface area contributed by atoms with Crippen LogP contribution < -0.4 is 10.1 Å². The molecule has 0 unspecified atom stereocenters. The van der Waals surface area contributed by atoms with E-state index in [1.165, 1.54) is 12.1 Å². The van der Waals surface area contributed by atoms with Gasteiger partial charge in [0.1, 0.15) is 11.6 Å². The predicted octanol–water partition coefficient (Wildman–Crippen LogP) is 3.91. The first-order valence-corrected chi connectivity index (χ1v) is 9.05. The Morgan fingerprint density at radius 2 is 1.85 bits per heavy atom. The second kappa shape index (κ2) is 9.92. The molecule has 0 fully saturated rings. The Kier molecular flexibility index (Phi) is 7.61. The van der Waals surface area contributed by atoms with Crippen molar-refractivity contribution in [2.45, 2.75) is 20.3 Å². The number of hydrogen-bond acceptors (Lipinski definition) is 3. The summed E-state index contributed by atoms with van der Waals surface area (Å²) in [6.45, 7) is 4.90. The van der Waals surface area contributed by atoms with E-state index in [9.17, 15) is 14.0 Å². The van der Waals surface area contributed by atoms with Crippen molar-refractivity contribution in [3.05, 3.63) is 58.9 Å². The minimum absolute atomic E-state index is 0.0824. The average Bonchev–Trinajstić information content (AvgIpc) is 2.64. The molecule has 5 nitrogen and oxygen atoms in total. The number of amides is 2. The summed E-state index contributed by atoms with van der Waals surface area (Å²) in [6.07, 6.45) is -0.0824. The zero-order valence-corrected chi connectivity index (χ0v) is 16.1. The van der Waals surface area contributed by atoms with Gasteiger partial charge in [-0.3, -0.25) is 9.59 Å². The Hall–Kier alpha value is -2.60. The smallest absolute Gasteiger partial charge is 0.260 e. The van der Waals surface area contributed by atoms with E-state index < -0.39 is 5.82 Å². The van der Waals surface area contributed by atoms with Gasteiger partial charge in [0.15, 0.2) is 6.61 Å². The van der Waals surface area contributed by atoms with Crippen molar-refractivity contribution in [2.24, 2.45) is 0 Å². The molecule has 0 spiro atoms. The fraction of sp³-hybridized carbons (Fsp3) is 0.300. The van der Waals surface area contributed by atoms with Gasteiger partial charge in [0.25, 0.3) is 5.91 Å². The summed E-state index contributed by atoms with van der Waals surface area (Å²) in [5.41, 5.74) is 0.778. The molecule has 2 aromatic rings. The van der Waals surface area contributed by atoms with Gasteiger partial charge in [0.05, 0.1) is 11.4 Å². The van der Waals surface area contributed by atoms with E-state index >= 15 is 0 Å². The summed E-state index contributed by atoms with van der Waals surface area (Å²) in [6, 6.07) is 10.8. The molecule has 0 aliphatic heterocycles. The van der Waals surface area contributed by atoms with Crippen LogP contribution >= 0.6 is 11.6 Å². The van der Waals surface area contributed by atoms with Gasteiger partial charge in [-0.15, -0.1) is 0 Å². The van der Waals surface area contributed by atoms with Gasteiger partial charge in [-0.25, -0.2) is 4.39 Å². The van der Waals surface area contributed by atoms with Gasteiger partial charge in [0.2, 0.25) is 5.91 Å². The molecule has 0 aromatic heterocycles. The molecular weight excluding hydrogens is 371 g/mol. The van der Waals surface area contributed by atoms with Crippen LogP contribution in [0.5, 0.6) is 5.75 Å². The number of hydrogen-bond donors (Lipinski definition) is 1. The number of halogens is 2. The molecule has 27 heavy (non-hydrogen) atoms. The number of carbonyl (C=O) groups is 2. The van der Waals surface area contributed by atoms with Gasteiger partial charge < -0.3 is 15.0 Å². The van der Waals surface area contributed by atoms with Crippen molar-refractivity contribution in [3.8, 4) is 5.75 Å². The minimum atomic E-state index is -0.424. The van der Waals surface area contributed by atoms with Crippen LogP contribution in [0.4, 0.5) is 10.1 Å². The molecule has 0 atom stereocenters. The van der Waals surface area contributed by atoms with Crippen molar-refractivity contribution in [1.29, 1.82) is 0 Å². The summed E-state index contributed by atoms with van der Waals surface area (Å²) in [5.74, 6) is -0.559. The van der Waals surface area contributed by atoms with Crippen LogP contribution in [0.1, 0.15) is 19.4 Å². The Morgan fingerprint density at radius 1 is 1.15 bits per heavy atom. The van der Waals surface area contributed by atoms with Crippen molar-refractivity contribution in [3.63, 3.8) is 0 Å². The van der Waals surface area contributed by atoms with Crippen LogP contribution in [-0.2, 0) is 16.0 Å². The lowest BCUT2D eigenvalue weighted by molar-refractivity contribution is -0.133. The molecule has 0 saturated heterocycles. The summed E-state index contributed by atoms with van der Waals surface area (Å²) in [4.78, 5) is 25.7. The van der Waals surface area contributed by atoms with Gasteiger partial charge in [0, 0.05) is 18.8 Å². The molecule has 0 radical (unpaired) electrons. The number of nitrogens with one attached hydrogen (secondary N) is 1. The molecule has 0 aliphatic rings. The second-order valence-electron chi connectivity index (χ2n) is 5.82. The zero-order valence-electron chi connectivity index (χ0n) is 15.3. The topological polar surface area (TPSA) is 58.6 Å². The van der Waals surface area contributed by atoms with Crippen LogP contribution in [-0.4, -0.2) is 36.4 Å². The predicted molar refractivity (Wildman–Crippen MR) is 104 cm³/mol. The van der Waals surface area contributed by atoms with E-state index in [-0.39, 0.29) is 29.9 Å². The number of benzene rings is 2. The number of likely N-dealkylation sites (N-methyl/N-ethyl adjacent to an activating group) is 1. The van der Waals surface area contributed by atoms with E-state index in [1.807, 2.05) is 13.8 Å². The summed E-state index contributed by atoms with van der Waals surface area (Å²) in [7, 11) is 0. The van der Waals surface area contributed by atoms with Crippen molar-refractivity contribution >= 4 is 29.1 Å². The number of ether oxygens (including phenoxy) is 1. The SMILES string of the molecule is CCN(CC)C(=O)COc1ccc(NC(=O)Cc2ccccc2F)cc1Cl. The average molecular weight is 393 g/mol. The molecule has 0 aliphatic carbocycles. The minimum Gasteiger partial charge on any atom is -0.482 e. The van der Waals surface area contributed by atoms with E-state index in [0.717, 1.165) is 0 Å². The Bertz CT molecular complexity index is 810. The molecule has 2 amide bonds. The Labute approximate surface area is 163 Å². The highest BCUT2D eigenvalue weighted by molar-refractivity contribution is 6.32. The maximum absolute atomic E-state index is 13.6. The second-order valence-corrected chi connectivity index (χ2v) is 6.22. The maximum atomic E-state index is 13.6. The third kappa shape index (κ3) is 5.96. The lowest BCUT2D eigenvalue weighted by Crippen LogP contribution is -2.34. The fourth-order valence-electron chi connectivity index (χ4n) is 2.52. The molecule has 2 rings (SSSR count). The molecule has 2 aromatic carbocycles. The fourth-order valence-corrected chi connectivity index (χ4v) is 2.76. The summed E-state index contributed by atoms with van der Waals surface area (Å²) in [5, 5.41) is 2.94. The number of carbonyl (C=O) groups excluding carboxylic acids is 2. The molecule has 0 saturated carbocycles. The monoisotopic (exact) mass is 392 g/mol. The van der Waals surface area contributed by atoms with Gasteiger partial charge in [-0.1, -0.05) is 29.8 Å². The first kappa shape index (κ1) is 20.7. The van der Waals surface area contributed by atoms with Crippen LogP contribution in [0.2, 0.25) is 5.02 Å². The summed E-state index contributed by atoms with van der Waals surface area (Å²) < 4.78 is 19.1. The Morgan fingerprint density at radius 3 is 2.48 bits per heavy atom.